The second-order valence-corrected chi connectivity index (χ2v) is 6.78. The van der Waals surface area contributed by atoms with Gasteiger partial charge < -0.3 is 10.2 Å². The second-order valence-electron chi connectivity index (χ2n) is 6.78. The van der Waals surface area contributed by atoms with Crippen molar-refractivity contribution in [3.05, 3.63) is 71.5 Å². The molecule has 0 unspecified atom stereocenters. The Labute approximate surface area is 173 Å². The third-order valence-corrected chi connectivity index (χ3v) is 4.88. The standard InChI is InChI=1S/C22H23F3N4O/c1-4-28(5-2)17-12-10-16(11-13-17)27-21(30)18-14-26-29(20(18)22(23,24)25)19-9-7-6-8-15(19)3/h6-14H,4-5H2,1-3H3,(H,27,30). The Morgan fingerprint density at radius 1 is 1.07 bits per heavy atom. The van der Waals surface area contributed by atoms with Crippen LogP contribution in [-0.2, 0) is 6.18 Å². The SMILES string of the molecule is CCN(CC)c1ccc(NC(=O)c2cnn(-c3ccccc3C)c2C(F)(F)F)cc1. The van der Waals surface area contributed by atoms with Crippen LogP contribution in [0.4, 0.5) is 24.5 Å². The highest BCUT2D eigenvalue weighted by Gasteiger charge is 2.40. The molecule has 0 fully saturated rings. The lowest BCUT2D eigenvalue weighted by atomic mass is 10.1. The lowest BCUT2D eigenvalue weighted by molar-refractivity contribution is -0.143. The number of aryl methyl sites for hydroxylation is 1. The first kappa shape index (κ1) is 21.4. The van der Waals surface area contributed by atoms with Crippen LogP contribution in [0.1, 0.15) is 35.5 Å². The van der Waals surface area contributed by atoms with Gasteiger partial charge >= 0.3 is 6.18 Å². The Kier molecular flexibility index (Phi) is 6.14. The number of aromatic nitrogens is 2. The minimum absolute atomic E-state index is 0.271. The maximum absolute atomic E-state index is 13.8. The van der Waals surface area contributed by atoms with Crippen LogP contribution in [0.5, 0.6) is 0 Å². The van der Waals surface area contributed by atoms with Crippen LogP contribution in [0.25, 0.3) is 5.69 Å². The van der Waals surface area contributed by atoms with Gasteiger partial charge in [-0.25, -0.2) is 4.68 Å². The molecule has 1 N–H and O–H groups in total. The lowest BCUT2D eigenvalue weighted by Gasteiger charge is -2.21. The zero-order valence-electron chi connectivity index (χ0n) is 17.0. The highest BCUT2D eigenvalue weighted by molar-refractivity contribution is 6.05. The fraction of sp³-hybridized carbons (Fsp3) is 0.273. The van der Waals surface area contributed by atoms with Gasteiger partial charge in [-0.2, -0.15) is 18.3 Å². The topological polar surface area (TPSA) is 50.2 Å². The number of hydrogen-bond acceptors (Lipinski definition) is 3. The molecule has 1 heterocycles. The van der Waals surface area contributed by atoms with Gasteiger partial charge in [0, 0.05) is 24.5 Å². The fourth-order valence-corrected chi connectivity index (χ4v) is 3.31. The van der Waals surface area contributed by atoms with E-state index in [1.165, 1.54) is 6.07 Å². The van der Waals surface area contributed by atoms with E-state index in [2.05, 4.69) is 15.3 Å². The van der Waals surface area contributed by atoms with Crippen molar-refractivity contribution in [2.45, 2.75) is 26.9 Å². The summed E-state index contributed by atoms with van der Waals surface area (Å²) in [6.45, 7) is 7.41. The van der Waals surface area contributed by atoms with Crippen molar-refractivity contribution in [1.29, 1.82) is 0 Å². The van der Waals surface area contributed by atoms with Gasteiger partial charge in [0.25, 0.3) is 5.91 Å². The molecule has 8 heteroatoms. The van der Waals surface area contributed by atoms with Crippen molar-refractivity contribution in [2.75, 3.05) is 23.3 Å². The summed E-state index contributed by atoms with van der Waals surface area (Å²) in [4.78, 5) is 14.8. The maximum atomic E-state index is 13.8. The van der Waals surface area contributed by atoms with Crippen LogP contribution in [0.2, 0.25) is 0 Å². The van der Waals surface area contributed by atoms with Gasteiger partial charge in [0.1, 0.15) is 0 Å². The van der Waals surface area contributed by atoms with Crippen molar-refractivity contribution in [3.8, 4) is 5.69 Å². The Morgan fingerprint density at radius 3 is 2.27 bits per heavy atom. The lowest BCUT2D eigenvalue weighted by Crippen LogP contribution is -2.22. The van der Waals surface area contributed by atoms with Crippen molar-refractivity contribution >= 4 is 17.3 Å². The van der Waals surface area contributed by atoms with Crippen LogP contribution in [-0.4, -0.2) is 28.8 Å². The molecule has 1 aromatic heterocycles. The molecule has 3 aromatic rings. The van der Waals surface area contributed by atoms with Crippen LogP contribution in [0.15, 0.2) is 54.7 Å². The van der Waals surface area contributed by atoms with E-state index in [1.807, 2.05) is 26.0 Å². The molecule has 0 spiro atoms. The predicted molar refractivity (Wildman–Crippen MR) is 111 cm³/mol. The van der Waals surface area contributed by atoms with Crippen molar-refractivity contribution in [1.82, 2.24) is 9.78 Å². The van der Waals surface area contributed by atoms with Gasteiger partial charge in [-0.15, -0.1) is 0 Å². The minimum Gasteiger partial charge on any atom is -0.372 e. The first-order valence-corrected chi connectivity index (χ1v) is 9.63. The quantitative estimate of drug-likeness (QED) is 0.593. The molecule has 0 saturated carbocycles. The number of rotatable bonds is 6. The summed E-state index contributed by atoms with van der Waals surface area (Å²) in [5, 5.41) is 6.41. The average Bonchev–Trinajstić information content (AvgIpc) is 3.16. The number of halogens is 3. The Bertz CT molecular complexity index is 1020. The number of nitrogens with zero attached hydrogens (tertiary/aromatic N) is 3. The number of amides is 1. The molecule has 2 aromatic carbocycles. The zero-order valence-corrected chi connectivity index (χ0v) is 17.0. The van der Waals surface area contributed by atoms with E-state index >= 15 is 0 Å². The molecule has 1 amide bonds. The maximum Gasteiger partial charge on any atom is 0.434 e. The van der Waals surface area contributed by atoms with E-state index in [4.69, 9.17) is 0 Å². The summed E-state index contributed by atoms with van der Waals surface area (Å²) in [5.74, 6) is -0.863. The summed E-state index contributed by atoms with van der Waals surface area (Å²) in [6, 6.07) is 13.6. The molecular weight excluding hydrogens is 393 g/mol. The molecule has 0 aliphatic heterocycles. The fourth-order valence-electron chi connectivity index (χ4n) is 3.31. The van der Waals surface area contributed by atoms with Gasteiger partial charge in [-0.3, -0.25) is 4.79 Å². The van der Waals surface area contributed by atoms with E-state index < -0.39 is 23.3 Å². The molecule has 0 radical (unpaired) electrons. The summed E-state index contributed by atoms with van der Waals surface area (Å²) >= 11 is 0. The van der Waals surface area contributed by atoms with E-state index in [-0.39, 0.29) is 5.69 Å². The van der Waals surface area contributed by atoms with E-state index in [9.17, 15) is 18.0 Å². The van der Waals surface area contributed by atoms with Crippen LogP contribution >= 0.6 is 0 Å². The molecule has 0 aliphatic carbocycles. The second kappa shape index (κ2) is 8.61. The number of carbonyl (C=O) groups excluding carboxylic acids is 1. The Hall–Kier alpha value is -3.29. The molecule has 0 atom stereocenters. The normalized spacial score (nSPS) is 11.4. The largest absolute Gasteiger partial charge is 0.434 e. The molecule has 0 saturated heterocycles. The Balaban J connectivity index is 1.92. The Morgan fingerprint density at radius 2 is 1.70 bits per heavy atom. The third kappa shape index (κ3) is 4.32. The molecule has 0 bridgehead atoms. The van der Waals surface area contributed by atoms with Crippen molar-refractivity contribution in [2.24, 2.45) is 0 Å². The number of benzene rings is 2. The highest BCUT2D eigenvalue weighted by Crippen LogP contribution is 2.34. The summed E-state index contributed by atoms with van der Waals surface area (Å²) in [5.41, 5.74) is 0.638. The third-order valence-electron chi connectivity index (χ3n) is 4.88. The first-order valence-electron chi connectivity index (χ1n) is 9.63. The number of anilines is 2. The number of carbonyl (C=O) groups is 1. The van der Waals surface area contributed by atoms with Gasteiger partial charge in [0.15, 0.2) is 5.69 Å². The van der Waals surface area contributed by atoms with Crippen LogP contribution in [0.3, 0.4) is 0 Å². The summed E-state index contributed by atoms with van der Waals surface area (Å²) < 4.78 is 42.3. The van der Waals surface area contributed by atoms with Crippen LogP contribution in [0, 0.1) is 6.92 Å². The average molecular weight is 416 g/mol. The van der Waals surface area contributed by atoms with Crippen molar-refractivity contribution in [3.63, 3.8) is 0 Å². The van der Waals surface area contributed by atoms with Gasteiger partial charge in [-0.1, -0.05) is 18.2 Å². The van der Waals surface area contributed by atoms with Gasteiger partial charge in [-0.05, 0) is 56.7 Å². The van der Waals surface area contributed by atoms with Gasteiger partial charge in [0.05, 0.1) is 17.4 Å². The van der Waals surface area contributed by atoms with E-state index in [0.717, 1.165) is 29.7 Å². The van der Waals surface area contributed by atoms with Gasteiger partial charge in [0.2, 0.25) is 0 Å². The molecule has 5 nitrogen and oxygen atoms in total. The van der Waals surface area contributed by atoms with E-state index in [0.29, 0.717) is 11.3 Å². The number of nitrogens with one attached hydrogen (secondary N) is 1. The monoisotopic (exact) mass is 416 g/mol. The molecule has 158 valence electrons. The molecule has 3 rings (SSSR count). The molecular formula is C22H23F3N4O. The number of para-hydroxylation sites is 1. The van der Waals surface area contributed by atoms with Crippen LogP contribution < -0.4 is 10.2 Å². The zero-order chi connectivity index (χ0) is 21.9. The first-order chi connectivity index (χ1) is 14.3. The number of alkyl halides is 3. The molecule has 0 aliphatic rings. The van der Waals surface area contributed by atoms with Crippen molar-refractivity contribution < 1.29 is 18.0 Å². The number of hydrogen-bond donors (Lipinski definition) is 1. The summed E-state index contributed by atoms with van der Waals surface area (Å²) in [7, 11) is 0. The summed E-state index contributed by atoms with van der Waals surface area (Å²) in [6.07, 6.45) is -3.80. The minimum atomic E-state index is -4.75. The highest BCUT2D eigenvalue weighted by atomic mass is 19.4. The predicted octanol–water partition coefficient (Wildman–Crippen LogP) is 5.30. The molecule has 30 heavy (non-hydrogen) atoms. The van der Waals surface area contributed by atoms with E-state index in [1.54, 1.807) is 37.3 Å². The smallest absolute Gasteiger partial charge is 0.372 e.